The molecule has 0 aliphatic heterocycles. The number of rotatable bonds is 6. The maximum Gasteiger partial charge on any atom is 0.224 e. The second kappa shape index (κ2) is 7.65. The van der Waals surface area contributed by atoms with E-state index in [0.717, 1.165) is 17.7 Å². The van der Waals surface area contributed by atoms with Crippen LogP contribution in [0, 0.1) is 23.7 Å². The van der Waals surface area contributed by atoms with Gasteiger partial charge in [-0.3, -0.25) is 15.6 Å². The van der Waals surface area contributed by atoms with E-state index in [2.05, 4.69) is 15.8 Å². The standard InChI is InChI=1S/C14H18N6O/c1-3-4-13(21)18-11-6-5-10(7-9(11)2)19-20-12(8-15)14(16)17/h5-7,19H,3-4H2,1-2H3,(H3,16,17)(H,18,21)/b20-12+. The number of hydrogen-bond acceptors (Lipinski definition) is 5. The van der Waals surface area contributed by atoms with Gasteiger partial charge in [0.05, 0.1) is 5.69 Å². The number of nitrogens with two attached hydrogens (primary N) is 1. The van der Waals surface area contributed by atoms with E-state index in [1.807, 2.05) is 13.8 Å². The molecule has 0 saturated heterocycles. The van der Waals surface area contributed by atoms with Crippen LogP contribution >= 0.6 is 0 Å². The van der Waals surface area contributed by atoms with Gasteiger partial charge in [0.2, 0.25) is 11.6 Å². The molecule has 21 heavy (non-hydrogen) atoms. The second-order valence-electron chi connectivity index (χ2n) is 4.43. The summed E-state index contributed by atoms with van der Waals surface area (Å²) in [5.41, 5.74) is 9.89. The highest BCUT2D eigenvalue weighted by Gasteiger charge is 2.05. The van der Waals surface area contributed by atoms with Gasteiger partial charge in [0.15, 0.2) is 5.84 Å². The predicted molar refractivity (Wildman–Crippen MR) is 83.3 cm³/mol. The van der Waals surface area contributed by atoms with Crippen LogP contribution < -0.4 is 16.5 Å². The number of nitriles is 1. The van der Waals surface area contributed by atoms with Gasteiger partial charge in [-0.25, -0.2) is 0 Å². The minimum atomic E-state index is -0.398. The summed E-state index contributed by atoms with van der Waals surface area (Å²) in [7, 11) is 0. The van der Waals surface area contributed by atoms with Gasteiger partial charge in [0, 0.05) is 12.1 Å². The molecule has 0 aliphatic rings. The van der Waals surface area contributed by atoms with E-state index in [1.54, 1.807) is 24.3 Å². The maximum atomic E-state index is 11.6. The number of hydrazone groups is 1. The van der Waals surface area contributed by atoms with Gasteiger partial charge in [-0.15, -0.1) is 0 Å². The molecular formula is C14H18N6O. The fourth-order valence-electron chi connectivity index (χ4n) is 1.58. The van der Waals surface area contributed by atoms with Crippen LogP contribution in [0.2, 0.25) is 0 Å². The topological polar surface area (TPSA) is 127 Å². The number of benzene rings is 1. The van der Waals surface area contributed by atoms with Crippen LogP contribution in [-0.2, 0) is 4.79 Å². The molecule has 7 heteroatoms. The van der Waals surface area contributed by atoms with E-state index >= 15 is 0 Å². The van der Waals surface area contributed by atoms with Gasteiger partial charge in [0.25, 0.3) is 0 Å². The van der Waals surface area contributed by atoms with Crippen molar-refractivity contribution in [2.45, 2.75) is 26.7 Å². The lowest BCUT2D eigenvalue weighted by Gasteiger charge is -2.09. The molecule has 0 bridgehead atoms. The second-order valence-corrected chi connectivity index (χ2v) is 4.43. The number of nitrogens with one attached hydrogen (secondary N) is 3. The quantitative estimate of drug-likeness (QED) is 0.362. The van der Waals surface area contributed by atoms with Crippen LogP contribution in [0.25, 0.3) is 0 Å². The number of amidine groups is 1. The molecule has 0 heterocycles. The maximum absolute atomic E-state index is 11.6. The molecule has 0 aromatic heterocycles. The van der Waals surface area contributed by atoms with Crippen molar-refractivity contribution < 1.29 is 4.79 Å². The number of amides is 1. The first-order valence-electron chi connectivity index (χ1n) is 6.46. The lowest BCUT2D eigenvalue weighted by Crippen LogP contribution is -2.21. The summed E-state index contributed by atoms with van der Waals surface area (Å²) in [6, 6.07) is 6.96. The van der Waals surface area contributed by atoms with Gasteiger partial charge in [-0.05, 0) is 37.1 Å². The molecule has 1 amide bonds. The highest BCUT2D eigenvalue weighted by molar-refractivity contribution is 6.45. The number of nitrogens with zero attached hydrogens (tertiary/aromatic N) is 2. The third-order valence-corrected chi connectivity index (χ3v) is 2.64. The number of carbonyl (C=O) groups excluding carboxylic acids is 1. The summed E-state index contributed by atoms with van der Waals surface area (Å²) in [5.74, 6) is -0.423. The molecular weight excluding hydrogens is 268 g/mol. The Labute approximate surface area is 123 Å². The Kier molecular flexibility index (Phi) is 5.89. The number of aryl methyl sites for hydroxylation is 1. The first-order chi connectivity index (χ1) is 9.97. The Morgan fingerprint density at radius 1 is 1.52 bits per heavy atom. The minimum absolute atomic E-state index is 0.0253. The van der Waals surface area contributed by atoms with E-state index < -0.39 is 5.84 Å². The Balaban J connectivity index is 2.81. The van der Waals surface area contributed by atoms with Crippen molar-refractivity contribution in [2.24, 2.45) is 10.8 Å². The Hall–Kier alpha value is -2.88. The van der Waals surface area contributed by atoms with Gasteiger partial charge in [0.1, 0.15) is 6.07 Å². The Bertz CT molecular complexity index is 614. The van der Waals surface area contributed by atoms with Crippen LogP contribution in [0.3, 0.4) is 0 Å². The van der Waals surface area contributed by atoms with E-state index in [1.165, 1.54) is 0 Å². The van der Waals surface area contributed by atoms with Crippen molar-refractivity contribution in [3.63, 3.8) is 0 Å². The van der Waals surface area contributed by atoms with Crippen molar-refractivity contribution in [1.82, 2.24) is 0 Å². The molecule has 0 unspecified atom stereocenters. The van der Waals surface area contributed by atoms with Gasteiger partial charge < -0.3 is 11.1 Å². The highest BCUT2D eigenvalue weighted by Crippen LogP contribution is 2.20. The molecule has 0 atom stereocenters. The molecule has 0 radical (unpaired) electrons. The zero-order valence-electron chi connectivity index (χ0n) is 12.0. The first kappa shape index (κ1) is 16.2. The number of hydrogen-bond donors (Lipinski definition) is 4. The molecule has 0 aliphatic carbocycles. The zero-order chi connectivity index (χ0) is 15.8. The lowest BCUT2D eigenvalue weighted by molar-refractivity contribution is -0.116. The molecule has 0 fully saturated rings. The highest BCUT2D eigenvalue weighted by atomic mass is 16.1. The first-order valence-corrected chi connectivity index (χ1v) is 6.46. The van der Waals surface area contributed by atoms with Crippen molar-refractivity contribution >= 4 is 28.8 Å². The third-order valence-electron chi connectivity index (χ3n) is 2.64. The van der Waals surface area contributed by atoms with Gasteiger partial charge in [-0.1, -0.05) is 6.92 Å². The average Bonchev–Trinajstić information content (AvgIpc) is 2.42. The lowest BCUT2D eigenvalue weighted by atomic mass is 10.1. The fourth-order valence-corrected chi connectivity index (χ4v) is 1.58. The summed E-state index contributed by atoms with van der Waals surface area (Å²) < 4.78 is 0. The van der Waals surface area contributed by atoms with Crippen molar-refractivity contribution in [3.05, 3.63) is 23.8 Å². The number of anilines is 2. The minimum Gasteiger partial charge on any atom is -0.382 e. The summed E-state index contributed by atoms with van der Waals surface area (Å²) in [4.78, 5) is 11.6. The molecule has 1 rings (SSSR count). The van der Waals surface area contributed by atoms with Crippen molar-refractivity contribution in [1.29, 1.82) is 10.7 Å². The molecule has 1 aromatic carbocycles. The summed E-state index contributed by atoms with van der Waals surface area (Å²) in [6.07, 6.45) is 1.27. The predicted octanol–water partition coefficient (Wildman–Crippen LogP) is 1.96. The van der Waals surface area contributed by atoms with Crippen LogP contribution in [0.1, 0.15) is 25.3 Å². The molecule has 7 nitrogen and oxygen atoms in total. The fraction of sp³-hybridized carbons (Fsp3) is 0.286. The SMILES string of the molecule is CCCC(=O)Nc1ccc(N/N=C(\C#N)C(=N)N)cc1C. The smallest absolute Gasteiger partial charge is 0.224 e. The van der Waals surface area contributed by atoms with E-state index in [0.29, 0.717) is 12.1 Å². The summed E-state index contributed by atoms with van der Waals surface area (Å²) >= 11 is 0. The third kappa shape index (κ3) is 4.95. The molecule has 5 N–H and O–H groups in total. The Morgan fingerprint density at radius 2 is 2.24 bits per heavy atom. The molecule has 0 spiro atoms. The van der Waals surface area contributed by atoms with E-state index in [9.17, 15) is 4.79 Å². The molecule has 1 aromatic rings. The van der Waals surface area contributed by atoms with Crippen LogP contribution in [-0.4, -0.2) is 17.5 Å². The average molecular weight is 286 g/mol. The van der Waals surface area contributed by atoms with Gasteiger partial charge >= 0.3 is 0 Å². The molecule has 110 valence electrons. The normalized spacial score (nSPS) is 10.6. The summed E-state index contributed by atoms with van der Waals surface area (Å²) in [6.45, 7) is 3.80. The van der Waals surface area contributed by atoms with Crippen LogP contribution in [0.5, 0.6) is 0 Å². The monoisotopic (exact) mass is 286 g/mol. The van der Waals surface area contributed by atoms with Crippen LogP contribution in [0.4, 0.5) is 11.4 Å². The van der Waals surface area contributed by atoms with Crippen molar-refractivity contribution in [2.75, 3.05) is 10.7 Å². The van der Waals surface area contributed by atoms with Crippen molar-refractivity contribution in [3.8, 4) is 6.07 Å². The largest absolute Gasteiger partial charge is 0.382 e. The van der Waals surface area contributed by atoms with E-state index in [-0.39, 0.29) is 11.6 Å². The zero-order valence-corrected chi connectivity index (χ0v) is 12.0. The number of carbonyl (C=O) groups is 1. The van der Waals surface area contributed by atoms with Crippen LogP contribution in [0.15, 0.2) is 23.3 Å². The van der Waals surface area contributed by atoms with Gasteiger partial charge in [-0.2, -0.15) is 10.4 Å². The Morgan fingerprint density at radius 3 is 2.76 bits per heavy atom. The summed E-state index contributed by atoms with van der Waals surface area (Å²) in [5, 5.41) is 22.4. The van der Waals surface area contributed by atoms with E-state index in [4.69, 9.17) is 16.4 Å². The molecule has 0 saturated carbocycles.